The van der Waals surface area contributed by atoms with E-state index in [1.165, 1.54) is 0 Å². The summed E-state index contributed by atoms with van der Waals surface area (Å²) >= 11 is 5.90. The average Bonchev–Trinajstić information content (AvgIpc) is 2.51. The van der Waals surface area contributed by atoms with E-state index in [1.807, 2.05) is 19.1 Å². The van der Waals surface area contributed by atoms with Crippen molar-refractivity contribution in [2.45, 2.75) is 13.3 Å². The fourth-order valence-corrected chi connectivity index (χ4v) is 1.85. The number of nitrogens with zero attached hydrogens (tertiary/aromatic N) is 5. The Kier molecular flexibility index (Phi) is 4.90. The highest BCUT2D eigenvalue weighted by Gasteiger charge is 2.14. The third-order valence-corrected chi connectivity index (χ3v) is 2.87. The van der Waals surface area contributed by atoms with Crippen LogP contribution in [0, 0.1) is 11.3 Å². The Morgan fingerprint density at radius 1 is 1.29 bits per heavy atom. The summed E-state index contributed by atoms with van der Waals surface area (Å²) in [4.78, 5) is 13.9. The summed E-state index contributed by atoms with van der Waals surface area (Å²) in [5, 5.41) is 9.21. The van der Waals surface area contributed by atoms with Crippen molar-refractivity contribution in [2.24, 2.45) is 0 Å². The van der Waals surface area contributed by atoms with E-state index in [4.69, 9.17) is 21.6 Å². The van der Waals surface area contributed by atoms with Gasteiger partial charge in [-0.2, -0.15) is 20.2 Å². The van der Waals surface area contributed by atoms with Gasteiger partial charge in [0.25, 0.3) is 0 Å². The zero-order valence-corrected chi connectivity index (χ0v) is 12.5. The number of aromatic nitrogens is 3. The maximum atomic E-state index is 9.16. The van der Waals surface area contributed by atoms with Gasteiger partial charge in [-0.15, -0.1) is 0 Å². The highest BCUT2D eigenvalue weighted by molar-refractivity contribution is 6.28. The summed E-state index contributed by atoms with van der Waals surface area (Å²) in [6.07, 6.45) is 0.839. The Bertz CT molecular complexity index is 671. The van der Waals surface area contributed by atoms with E-state index in [0.717, 1.165) is 6.42 Å². The summed E-state index contributed by atoms with van der Waals surface area (Å²) in [5.41, 5.74) is 1.20. The molecular formula is C14H14ClN5O. The Morgan fingerprint density at radius 2 is 2.05 bits per heavy atom. The molecule has 2 rings (SSSR count). The van der Waals surface area contributed by atoms with Crippen LogP contribution in [0.15, 0.2) is 24.3 Å². The Morgan fingerprint density at radius 3 is 2.76 bits per heavy atom. The molecule has 0 bridgehead atoms. The lowest BCUT2D eigenvalue weighted by atomic mass is 10.2. The van der Waals surface area contributed by atoms with Crippen molar-refractivity contribution in [1.29, 1.82) is 5.26 Å². The van der Waals surface area contributed by atoms with Crippen LogP contribution >= 0.6 is 11.6 Å². The van der Waals surface area contributed by atoms with Crippen molar-refractivity contribution in [2.75, 3.05) is 18.6 Å². The summed E-state index contributed by atoms with van der Waals surface area (Å²) in [5.74, 6) is 0.323. The van der Waals surface area contributed by atoms with E-state index in [-0.39, 0.29) is 11.3 Å². The molecule has 0 radical (unpaired) electrons. The molecule has 0 aliphatic heterocycles. The Labute approximate surface area is 128 Å². The van der Waals surface area contributed by atoms with Crippen LogP contribution < -0.4 is 9.64 Å². The van der Waals surface area contributed by atoms with Crippen LogP contribution in [0.3, 0.4) is 0 Å². The van der Waals surface area contributed by atoms with Crippen LogP contribution in [-0.2, 0) is 0 Å². The first kappa shape index (κ1) is 15.0. The van der Waals surface area contributed by atoms with Gasteiger partial charge >= 0.3 is 6.01 Å². The normalized spacial score (nSPS) is 10.0. The number of nitriles is 1. The van der Waals surface area contributed by atoms with Gasteiger partial charge in [-0.05, 0) is 30.2 Å². The molecule has 1 heterocycles. The molecule has 0 amide bonds. The SMILES string of the molecule is CCCOc1nc(Cl)nc(N(C)c2ccccc2C#N)n1. The van der Waals surface area contributed by atoms with Crippen LogP contribution in [0.2, 0.25) is 5.28 Å². The van der Waals surface area contributed by atoms with Gasteiger partial charge in [-0.1, -0.05) is 19.1 Å². The second kappa shape index (κ2) is 6.86. The summed E-state index contributed by atoms with van der Waals surface area (Å²) < 4.78 is 5.38. The zero-order valence-electron chi connectivity index (χ0n) is 11.7. The highest BCUT2D eigenvalue weighted by atomic mass is 35.5. The molecule has 0 saturated carbocycles. The Balaban J connectivity index is 2.36. The van der Waals surface area contributed by atoms with Gasteiger partial charge in [0, 0.05) is 7.05 Å². The summed E-state index contributed by atoms with van der Waals surface area (Å²) in [6.45, 7) is 2.48. The van der Waals surface area contributed by atoms with Crippen LogP contribution in [0.5, 0.6) is 6.01 Å². The Hall–Kier alpha value is -2.39. The molecule has 2 aromatic rings. The molecule has 0 spiro atoms. The van der Waals surface area contributed by atoms with Gasteiger partial charge in [0.05, 0.1) is 17.9 Å². The summed E-state index contributed by atoms with van der Waals surface area (Å²) in [6, 6.07) is 9.48. The molecular weight excluding hydrogens is 290 g/mol. The van der Waals surface area contributed by atoms with Gasteiger partial charge in [0.1, 0.15) is 6.07 Å². The predicted octanol–water partition coefficient (Wildman–Crippen LogP) is 2.95. The lowest BCUT2D eigenvalue weighted by Crippen LogP contribution is -2.16. The van der Waals surface area contributed by atoms with Crippen LogP contribution in [0.1, 0.15) is 18.9 Å². The van der Waals surface area contributed by atoms with E-state index in [0.29, 0.717) is 23.8 Å². The molecule has 0 aliphatic carbocycles. The number of ether oxygens (including phenoxy) is 1. The van der Waals surface area contributed by atoms with Gasteiger partial charge in [-0.3, -0.25) is 0 Å². The van der Waals surface area contributed by atoms with Crippen LogP contribution in [0.25, 0.3) is 0 Å². The minimum atomic E-state index is 0.0485. The van der Waals surface area contributed by atoms with Crippen LogP contribution in [-0.4, -0.2) is 28.6 Å². The number of para-hydroxylation sites is 1. The molecule has 0 N–H and O–H groups in total. The van der Waals surface area contributed by atoms with E-state index < -0.39 is 0 Å². The molecule has 1 aromatic heterocycles. The van der Waals surface area contributed by atoms with Crippen molar-refractivity contribution in [3.8, 4) is 12.1 Å². The van der Waals surface area contributed by atoms with Crippen molar-refractivity contribution in [3.63, 3.8) is 0 Å². The molecule has 6 nitrogen and oxygen atoms in total. The van der Waals surface area contributed by atoms with Crippen molar-refractivity contribution < 1.29 is 4.74 Å². The van der Waals surface area contributed by atoms with Gasteiger partial charge < -0.3 is 9.64 Å². The molecule has 0 atom stereocenters. The first-order chi connectivity index (χ1) is 10.2. The maximum Gasteiger partial charge on any atom is 0.322 e. The fraction of sp³-hybridized carbons (Fsp3) is 0.286. The number of anilines is 2. The number of halogens is 1. The minimum Gasteiger partial charge on any atom is -0.463 e. The molecule has 108 valence electrons. The molecule has 0 saturated heterocycles. The highest BCUT2D eigenvalue weighted by Crippen LogP contribution is 2.25. The molecule has 0 aliphatic rings. The largest absolute Gasteiger partial charge is 0.463 e. The zero-order chi connectivity index (χ0) is 15.2. The van der Waals surface area contributed by atoms with E-state index in [2.05, 4.69) is 21.0 Å². The number of hydrogen-bond acceptors (Lipinski definition) is 6. The van der Waals surface area contributed by atoms with Crippen molar-refractivity contribution >= 4 is 23.2 Å². The minimum absolute atomic E-state index is 0.0485. The lowest BCUT2D eigenvalue weighted by Gasteiger charge is -2.18. The third kappa shape index (κ3) is 3.58. The van der Waals surface area contributed by atoms with Crippen molar-refractivity contribution in [3.05, 3.63) is 35.1 Å². The standard InChI is InChI=1S/C14H14ClN5O/c1-3-8-21-14-18-12(15)17-13(19-14)20(2)11-7-5-4-6-10(11)9-16/h4-7H,3,8H2,1-2H3. The van der Waals surface area contributed by atoms with Gasteiger partial charge in [0.15, 0.2) is 0 Å². The third-order valence-electron chi connectivity index (χ3n) is 2.70. The average molecular weight is 304 g/mol. The number of benzene rings is 1. The topological polar surface area (TPSA) is 74.9 Å². The first-order valence-electron chi connectivity index (χ1n) is 6.43. The lowest BCUT2D eigenvalue weighted by molar-refractivity contribution is 0.291. The molecule has 0 unspecified atom stereocenters. The number of hydrogen-bond donors (Lipinski definition) is 0. The first-order valence-corrected chi connectivity index (χ1v) is 6.80. The predicted molar refractivity (Wildman–Crippen MR) is 79.8 cm³/mol. The molecule has 1 aromatic carbocycles. The summed E-state index contributed by atoms with van der Waals surface area (Å²) in [7, 11) is 1.76. The smallest absolute Gasteiger partial charge is 0.322 e. The van der Waals surface area contributed by atoms with Crippen molar-refractivity contribution in [1.82, 2.24) is 15.0 Å². The second-order valence-electron chi connectivity index (χ2n) is 4.22. The van der Waals surface area contributed by atoms with E-state index in [1.54, 1.807) is 24.1 Å². The van der Waals surface area contributed by atoms with Gasteiger partial charge in [-0.25, -0.2) is 0 Å². The quantitative estimate of drug-likeness (QED) is 0.845. The maximum absolute atomic E-state index is 9.16. The van der Waals surface area contributed by atoms with E-state index in [9.17, 15) is 0 Å². The van der Waals surface area contributed by atoms with Gasteiger partial charge in [0.2, 0.25) is 11.2 Å². The molecule has 0 fully saturated rings. The second-order valence-corrected chi connectivity index (χ2v) is 4.56. The molecule has 21 heavy (non-hydrogen) atoms. The monoisotopic (exact) mass is 303 g/mol. The van der Waals surface area contributed by atoms with Crippen LogP contribution in [0.4, 0.5) is 11.6 Å². The number of rotatable bonds is 5. The van der Waals surface area contributed by atoms with E-state index >= 15 is 0 Å². The fourth-order valence-electron chi connectivity index (χ4n) is 1.70. The molecule has 7 heteroatoms.